The van der Waals surface area contributed by atoms with Crippen molar-refractivity contribution in [3.8, 4) is 0 Å². The number of hydrogen-bond donors (Lipinski definition) is 4. The van der Waals surface area contributed by atoms with Crippen LogP contribution in [0, 0.1) is 0 Å². The second-order valence-corrected chi connectivity index (χ2v) is 2.79. The first-order valence-electron chi connectivity index (χ1n) is 4.74. The fourth-order valence-electron chi connectivity index (χ4n) is 0.822. The molecule has 16 heavy (non-hydrogen) atoms. The standard InChI is InChI=1S/C8H15N5O3/c9-13-6-8(16)12-5-7(15)11-2-1-10-3-4-14/h6,10,14H,1-5H2,(H,11,15)(H,12,16). The maximum Gasteiger partial charge on any atom is 0.344 e. The van der Waals surface area contributed by atoms with Crippen LogP contribution in [0.3, 0.4) is 0 Å². The summed E-state index contributed by atoms with van der Waals surface area (Å²) in [5.74, 6) is -0.985. The molecular formula is C8H15N5O3. The van der Waals surface area contributed by atoms with E-state index in [1.54, 1.807) is 0 Å². The van der Waals surface area contributed by atoms with Crippen molar-refractivity contribution in [2.75, 3.05) is 32.8 Å². The first-order chi connectivity index (χ1) is 7.70. The summed E-state index contributed by atoms with van der Waals surface area (Å²) in [4.78, 5) is 24.3. The quantitative estimate of drug-likeness (QED) is 0.154. The second kappa shape index (κ2) is 9.78. The van der Waals surface area contributed by atoms with E-state index in [4.69, 9.17) is 10.6 Å². The Morgan fingerprint density at radius 3 is 2.62 bits per heavy atom. The van der Waals surface area contributed by atoms with Gasteiger partial charge in [-0.1, -0.05) is 0 Å². The van der Waals surface area contributed by atoms with Crippen LogP contribution in [0.25, 0.3) is 5.53 Å². The van der Waals surface area contributed by atoms with Crippen molar-refractivity contribution in [3.63, 3.8) is 0 Å². The number of aliphatic hydroxyl groups is 1. The lowest BCUT2D eigenvalue weighted by Crippen LogP contribution is -2.40. The minimum absolute atomic E-state index is 0.0461. The first kappa shape index (κ1) is 14.2. The van der Waals surface area contributed by atoms with Crippen molar-refractivity contribution in [3.05, 3.63) is 5.53 Å². The first-order valence-corrected chi connectivity index (χ1v) is 4.74. The second-order valence-electron chi connectivity index (χ2n) is 2.79. The van der Waals surface area contributed by atoms with Gasteiger partial charge in [0.2, 0.25) is 5.91 Å². The average molecular weight is 229 g/mol. The predicted molar refractivity (Wildman–Crippen MR) is 55.7 cm³/mol. The van der Waals surface area contributed by atoms with Gasteiger partial charge in [-0.15, -0.1) is 0 Å². The van der Waals surface area contributed by atoms with Crippen molar-refractivity contribution >= 4 is 18.0 Å². The van der Waals surface area contributed by atoms with E-state index in [1.807, 2.05) is 0 Å². The number of amides is 2. The zero-order valence-electron chi connectivity index (χ0n) is 8.77. The van der Waals surface area contributed by atoms with E-state index >= 15 is 0 Å². The zero-order chi connectivity index (χ0) is 12.2. The lowest BCUT2D eigenvalue weighted by Gasteiger charge is -2.05. The smallest absolute Gasteiger partial charge is 0.344 e. The number of rotatable bonds is 8. The third-order valence-electron chi connectivity index (χ3n) is 1.51. The highest BCUT2D eigenvalue weighted by Gasteiger charge is 2.04. The number of carbonyl (C=O) groups is 2. The van der Waals surface area contributed by atoms with E-state index in [0.29, 0.717) is 25.8 Å². The lowest BCUT2D eigenvalue weighted by atomic mass is 10.5. The molecule has 0 fully saturated rings. The Kier molecular flexibility index (Phi) is 8.71. The average Bonchev–Trinajstić information content (AvgIpc) is 2.26. The maximum absolute atomic E-state index is 11.1. The number of aliphatic hydroxyl groups excluding tert-OH is 1. The highest BCUT2D eigenvalue weighted by molar-refractivity contribution is 6.24. The molecule has 90 valence electrons. The molecule has 0 radical (unpaired) electrons. The van der Waals surface area contributed by atoms with Crippen molar-refractivity contribution in [2.24, 2.45) is 0 Å². The van der Waals surface area contributed by atoms with Crippen LogP contribution in [0.4, 0.5) is 0 Å². The summed E-state index contributed by atoms with van der Waals surface area (Å²) in [6, 6.07) is 0. The number of hydrogen-bond acceptors (Lipinski definition) is 4. The Balaban J connectivity index is 3.44. The van der Waals surface area contributed by atoms with Crippen LogP contribution in [0.15, 0.2) is 0 Å². The molecular weight excluding hydrogens is 214 g/mol. The van der Waals surface area contributed by atoms with Gasteiger partial charge >= 0.3 is 12.1 Å². The highest BCUT2D eigenvalue weighted by atomic mass is 16.3. The number of nitrogens with one attached hydrogen (secondary N) is 3. The topological polar surface area (TPSA) is 127 Å². The van der Waals surface area contributed by atoms with Gasteiger partial charge in [-0.25, -0.2) is 0 Å². The van der Waals surface area contributed by atoms with Gasteiger partial charge in [0, 0.05) is 19.6 Å². The molecule has 0 aromatic heterocycles. The van der Waals surface area contributed by atoms with Crippen molar-refractivity contribution in [1.82, 2.24) is 16.0 Å². The normalized spacial score (nSPS) is 9.06. The Morgan fingerprint density at radius 1 is 1.25 bits per heavy atom. The number of carbonyl (C=O) groups excluding carboxylic acids is 2. The fourth-order valence-corrected chi connectivity index (χ4v) is 0.822. The largest absolute Gasteiger partial charge is 0.395 e. The van der Waals surface area contributed by atoms with Gasteiger partial charge < -0.3 is 26.6 Å². The summed E-state index contributed by atoms with van der Waals surface area (Å²) in [5.41, 5.74) is 8.01. The summed E-state index contributed by atoms with van der Waals surface area (Å²) < 4.78 is 0. The van der Waals surface area contributed by atoms with E-state index < -0.39 is 5.91 Å². The molecule has 0 saturated carbocycles. The molecule has 0 aliphatic rings. The highest BCUT2D eigenvalue weighted by Crippen LogP contribution is 1.65. The summed E-state index contributed by atoms with van der Waals surface area (Å²) in [5, 5.41) is 16.1. The van der Waals surface area contributed by atoms with E-state index in [0.717, 1.165) is 0 Å². The molecule has 0 aliphatic carbocycles. The predicted octanol–water partition coefficient (Wildman–Crippen LogP) is -2.90. The molecule has 0 rings (SSSR count). The molecule has 0 spiro atoms. The molecule has 0 aromatic rings. The summed E-state index contributed by atoms with van der Waals surface area (Å²) in [7, 11) is 0. The van der Waals surface area contributed by atoms with Crippen LogP contribution in [0.2, 0.25) is 0 Å². The van der Waals surface area contributed by atoms with Crippen LogP contribution in [0.5, 0.6) is 0 Å². The maximum atomic E-state index is 11.1. The van der Waals surface area contributed by atoms with E-state index in [-0.39, 0.29) is 19.1 Å². The Morgan fingerprint density at radius 2 is 2.00 bits per heavy atom. The minimum Gasteiger partial charge on any atom is -0.395 e. The third-order valence-corrected chi connectivity index (χ3v) is 1.51. The summed E-state index contributed by atoms with van der Waals surface area (Å²) >= 11 is 0. The van der Waals surface area contributed by atoms with Gasteiger partial charge in [0.25, 0.3) is 0 Å². The van der Waals surface area contributed by atoms with Gasteiger partial charge in [-0.05, 0) is 0 Å². The molecule has 0 atom stereocenters. The van der Waals surface area contributed by atoms with E-state index in [9.17, 15) is 9.59 Å². The molecule has 0 aromatic carbocycles. The fraction of sp³-hybridized carbons (Fsp3) is 0.625. The Bertz CT molecular complexity index is 275. The molecule has 0 unspecified atom stereocenters. The van der Waals surface area contributed by atoms with Crippen LogP contribution in [-0.2, 0) is 9.59 Å². The zero-order valence-corrected chi connectivity index (χ0v) is 8.77. The molecule has 8 heteroatoms. The SMILES string of the molecule is [N-]=[N+]=CC(=O)NCC(=O)NCCNCCO. The molecule has 2 amide bonds. The molecule has 0 saturated heterocycles. The van der Waals surface area contributed by atoms with Gasteiger partial charge in [-0.2, -0.15) is 4.79 Å². The molecule has 4 N–H and O–H groups in total. The van der Waals surface area contributed by atoms with Gasteiger partial charge in [-0.3, -0.25) is 9.59 Å². The van der Waals surface area contributed by atoms with Gasteiger partial charge in [0.05, 0.1) is 13.2 Å². The summed E-state index contributed by atoms with van der Waals surface area (Å²) in [6.45, 7) is 1.29. The van der Waals surface area contributed by atoms with Gasteiger partial charge in [0.15, 0.2) is 0 Å². The van der Waals surface area contributed by atoms with Crippen LogP contribution in [-0.4, -0.2) is 60.7 Å². The minimum atomic E-state index is -0.643. The van der Waals surface area contributed by atoms with Crippen molar-refractivity contribution < 1.29 is 19.5 Å². The monoisotopic (exact) mass is 229 g/mol. The van der Waals surface area contributed by atoms with E-state index in [2.05, 4.69) is 20.7 Å². The van der Waals surface area contributed by atoms with Crippen molar-refractivity contribution in [2.45, 2.75) is 0 Å². The van der Waals surface area contributed by atoms with Crippen LogP contribution < -0.4 is 16.0 Å². The lowest BCUT2D eigenvalue weighted by molar-refractivity contribution is -0.124. The van der Waals surface area contributed by atoms with E-state index in [1.165, 1.54) is 0 Å². The summed E-state index contributed by atoms with van der Waals surface area (Å²) in [6.07, 6.45) is 0.663. The molecule has 0 aliphatic heterocycles. The van der Waals surface area contributed by atoms with Crippen molar-refractivity contribution in [1.29, 1.82) is 0 Å². The number of nitrogens with zero attached hydrogens (tertiary/aromatic N) is 2. The van der Waals surface area contributed by atoms with Gasteiger partial charge in [0.1, 0.15) is 0 Å². The van der Waals surface area contributed by atoms with Crippen LogP contribution >= 0.6 is 0 Å². The third kappa shape index (κ3) is 8.82. The molecule has 0 bridgehead atoms. The Labute approximate surface area is 92.6 Å². The molecule has 0 heterocycles. The Hall–Kier alpha value is -1.76. The van der Waals surface area contributed by atoms with Crippen LogP contribution in [0.1, 0.15) is 0 Å². The molecule has 8 nitrogen and oxygen atoms in total.